The van der Waals surface area contributed by atoms with Crippen molar-refractivity contribution in [3.8, 4) is 11.5 Å². The van der Waals surface area contributed by atoms with Crippen LogP contribution in [0.3, 0.4) is 0 Å². The van der Waals surface area contributed by atoms with Crippen LogP contribution in [-0.4, -0.2) is 43.5 Å². The van der Waals surface area contributed by atoms with Crippen molar-refractivity contribution in [1.82, 2.24) is 4.90 Å². The summed E-state index contributed by atoms with van der Waals surface area (Å²) in [6, 6.07) is 12.6. The summed E-state index contributed by atoms with van der Waals surface area (Å²) in [6.45, 7) is 2.87. The molecule has 152 valence electrons. The van der Waals surface area contributed by atoms with E-state index in [1.54, 1.807) is 32.4 Å². The van der Waals surface area contributed by atoms with E-state index in [-0.39, 0.29) is 17.9 Å². The zero-order valence-corrected chi connectivity index (χ0v) is 17.0. The van der Waals surface area contributed by atoms with Gasteiger partial charge in [-0.2, -0.15) is 0 Å². The number of rotatable bonds is 4. The molecular weight excluding hydrogens is 368 g/mol. The molecular formula is C23H26N2O4. The summed E-state index contributed by atoms with van der Waals surface area (Å²) in [5.74, 6) is 1.15. The summed E-state index contributed by atoms with van der Waals surface area (Å²) in [6.07, 6.45) is 1.78. The first-order valence-corrected chi connectivity index (χ1v) is 9.96. The molecule has 0 saturated carbocycles. The lowest BCUT2D eigenvalue weighted by Crippen LogP contribution is -2.54. The second kappa shape index (κ2) is 7.78. The van der Waals surface area contributed by atoms with Crippen LogP contribution in [0.15, 0.2) is 42.5 Å². The Morgan fingerprint density at radius 2 is 1.93 bits per heavy atom. The van der Waals surface area contributed by atoms with Crippen LogP contribution in [0.4, 0.5) is 5.69 Å². The number of fused-ring (bicyclic) bond motifs is 2. The van der Waals surface area contributed by atoms with Crippen LogP contribution < -0.4 is 14.8 Å². The molecule has 0 aliphatic carbocycles. The largest absolute Gasteiger partial charge is 0.497 e. The number of piperidine rings is 1. The van der Waals surface area contributed by atoms with E-state index >= 15 is 0 Å². The van der Waals surface area contributed by atoms with Crippen LogP contribution in [0.5, 0.6) is 11.5 Å². The highest BCUT2D eigenvalue weighted by Gasteiger charge is 2.45. The van der Waals surface area contributed by atoms with Crippen molar-refractivity contribution < 1.29 is 19.1 Å². The quantitative estimate of drug-likeness (QED) is 0.859. The smallest absolute Gasteiger partial charge is 0.254 e. The molecule has 2 amide bonds. The molecule has 0 aromatic heterocycles. The number of benzene rings is 2. The average molecular weight is 394 g/mol. The highest BCUT2D eigenvalue weighted by molar-refractivity contribution is 6.04. The van der Waals surface area contributed by atoms with E-state index in [1.807, 2.05) is 29.2 Å². The molecule has 2 aromatic carbocycles. The lowest BCUT2D eigenvalue weighted by molar-refractivity contribution is -0.119. The summed E-state index contributed by atoms with van der Waals surface area (Å²) in [7, 11) is 3.14. The topological polar surface area (TPSA) is 67.9 Å². The van der Waals surface area contributed by atoms with Crippen LogP contribution in [0.2, 0.25) is 0 Å². The van der Waals surface area contributed by atoms with Crippen LogP contribution in [0.1, 0.15) is 41.6 Å². The number of nitrogens with zero attached hydrogens (tertiary/aromatic N) is 1. The molecule has 6 nitrogen and oxygen atoms in total. The number of carbonyl (C=O) groups excluding carboxylic acids is 2. The third-order valence-electron chi connectivity index (χ3n) is 6.03. The first-order chi connectivity index (χ1) is 14.0. The van der Waals surface area contributed by atoms with Crippen molar-refractivity contribution in [2.45, 2.75) is 31.7 Å². The lowest BCUT2D eigenvalue weighted by atomic mass is 9.76. The molecule has 2 aliphatic rings. The molecule has 0 spiro atoms. The van der Waals surface area contributed by atoms with Crippen LogP contribution in [-0.2, 0) is 4.79 Å². The van der Waals surface area contributed by atoms with Crippen LogP contribution >= 0.6 is 0 Å². The van der Waals surface area contributed by atoms with E-state index in [0.717, 1.165) is 18.4 Å². The van der Waals surface area contributed by atoms with Crippen molar-refractivity contribution in [2.24, 2.45) is 5.92 Å². The van der Waals surface area contributed by atoms with Gasteiger partial charge in [0, 0.05) is 24.2 Å². The highest BCUT2D eigenvalue weighted by atomic mass is 16.5. The van der Waals surface area contributed by atoms with Gasteiger partial charge in [0.15, 0.2) is 0 Å². The van der Waals surface area contributed by atoms with Gasteiger partial charge < -0.3 is 19.7 Å². The van der Waals surface area contributed by atoms with E-state index < -0.39 is 5.92 Å². The van der Waals surface area contributed by atoms with Crippen molar-refractivity contribution >= 4 is 17.5 Å². The molecule has 0 unspecified atom stereocenters. The molecule has 2 aliphatic heterocycles. The number of hydrogen-bond donors (Lipinski definition) is 1. The minimum atomic E-state index is -0.418. The van der Waals surface area contributed by atoms with Gasteiger partial charge in [0.25, 0.3) is 5.91 Å². The number of nitrogens with one attached hydrogen (secondary N) is 1. The fraction of sp³-hybridized carbons (Fsp3) is 0.391. The molecule has 1 fully saturated rings. The van der Waals surface area contributed by atoms with Gasteiger partial charge in [-0.15, -0.1) is 0 Å². The molecule has 4 rings (SSSR count). The van der Waals surface area contributed by atoms with Crippen molar-refractivity contribution in [1.29, 1.82) is 0 Å². The fourth-order valence-electron chi connectivity index (χ4n) is 4.50. The summed E-state index contributed by atoms with van der Waals surface area (Å²) in [5, 5.41) is 3.03. The SMILES string of the molecule is COc1ccc(NC(=O)[C@@H]2c3ccccc3C(=O)N3CC[C@H](C)C[C@@H]23)c(OC)c1. The van der Waals surface area contributed by atoms with Crippen LogP contribution in [0, 0.1) is 5.92 Å². The Kier molecular flexibility index (Phi) is 5.18. The van der Waals surface area contributed by atoms with E-state index in [1.165, 1.54) is 0 Å². The number of ether oxygens (including phenoxy) is 2. The molecule has 0 bridgehead atoms. The third-order valence-corrected chi connectivity index (χ3v) is 6.03. The molecule has 6 heteroatoms. The standard InChI is InChI=1S/C23H26N2O4/c1-14-10-11-25-19(12-14)21(16-6-4-5-7-17(16)23(25)27)22(26)24-18-9-8-15(28-2)13-20(18)29-3/h4-9,13-14,19,21H,10-12H2,1-3H3,(H,24,26)/t14-,19-,21+/m0/s1. The summed E-state index contributed by atoms with van der Waals surface area (Å²) in [5.41, 5.74) is 2.01. The van der Waals surface area contributed by atoms with Crippen LogP contribution in [0.25, 0.3) is 0 Å². The van der Waals surface area contributed by atoms with Gasteiger partial charge in [-0.25, -0.2) is 0 Å². The molecule has 29 heavy (non-hydrogen) atoms. The zero-order chi connectivity index (χ0) is 20.5. The second-order valence-electron chi connectivity index (χ2n) is 7.82. The Balaban J connectivity index is 1.71. The Morgan fingerprint density at radius 3 is 2.69 bits per heavy atom. The maximum Gasteiger partial charge on any atom is 0.254 e. The highest BCUT2D eigenvalue weighted by Crippen LogP contribution is 2.40. The maximum absolute atomic E-state index is 13.5. The van der Waals surface area contributed by atoms with Crippen molar-refractivity contribution in [3.63, 3.8) is 0 Å². The predicted octanol–water partition coefficient (Wildman–Crippen LogP) is 3.68. The van der Waals surface area contributed by atoms with Gasteiger partial charge in [0.05, 0.1) is 25.8 Å². The third kappa shape index (κ3) is 3.43. The van der Waals surface area contributed by atoms with Gasteiger partial charge >= 0.3 is 0 Å². The number of methoxy groups -OCH3 is 2. The van der Waals surface area contributed by atoms with E-state index in [2.05, 4.69) is 12.2 Å². The molecule has 0 radical (unpaired) electrons. The van der Waals surface area contributed by atoms with Gasteiger partial charge in [-0.3, -0.25) is 9.59 Å². The Labute approximate surface area is 170 Å². The maximum atomic E-state index is 13.5. The first kappa shape index (κ1) is 19.3. The van der Waals surface area contributed by atoms with E-state index in [0.29, 0.717) is 35.2 Å². The summed E-state index contributed by atoms with van der Waals surface area (Å²) >= 11 is 0. The Bertz CT molecular complexity index is 942. The first-order valence-electron chi connectivity index (χ1n) is 9.96. The van der Waals surface area contributed by atoms with E-state index in [4.69, 9.17) is 9.47 Å². The molecule has 2 heterocycles. The summed E-state index contributed by atoms with van der Waals surface area (Å²) in [4.78, 5) is 28.4. The molecule has 3 atom stereocenters. The average Bonchev–Trinajstić information content (AvgIpc) is 2.74. The molecule has 2 aromatic rings. The van der Waals surface area contributed by atoms with Crippen molar-refractivity contribution in [2.75, 3.05) is 26.1 Å². The summed E-state index contributed by atoms with van der Waals surface area (Å²) < 4.78 is 10.7. The number of anilines is 1. The van der Waals surface area contributed by atoms with E-state index in [9.17, 15) is 9.59 Å². The van der Waals surface area contributed by atoms with Gasteiger partial charge in [0.1, 0.15) is 11.5 Å². The van der Waals surface area contributed by atoms with Gasteiger partial charge in [0.2, 0.25) is 5.91 Å². The number of carbonyl (C=O) groups is 2. The monoisotopic (exact) mass is 394 g/mol. The molecule has 1 saturated heterocycles. The lowest BCUT2D eigenvalue weighted by Gasteiger charge is -2.46. The second-order valence-corrected chi connectivity index (χ2v) is 7.82. The minimum Gasteiger partial charge on any atom is -0.497 e. The Morgan fingerprint density at radius 1 is 1.14 bits per heavy atom. The fourth-order valence-corrected chi connectivity index (χ4v) is 4.50. The van der Waals surface area contributed by atoms with Gasteiger partial charge in [-0.1, -0.05) is 25.1 Å². The number of amides is 2. The zero-order valence-electron chi connectivity index (χ0n) is 17.0. The van der Waals surface area contributed by atoms with Gasteiger partial charge in [-0.05, 0) is 42.5 Å². The Hall–Kier alpha value is -3.02. The number of hydrogen-bond acceptors (Lipinski definition) is 4. The van der Waals surface area contributed by atoms with Crippen molar-refractivity contribution in [3.05, 3.63) is 53.6 Å². The molecule has 1 N–H and O–H groups in total. The predicted molar refractivity (Wildman–Crippen MR) is 111 cm³/mol. The minimum absolute atomic E-state index is 0.0311. The normalized spacial score (nSPS) is 23.1.